The Labute approximate surface area is 200 Å². The van der Waals surface area contributed by atoms with Gasteiger partial charge < -0.3 is 20.5 Å². The Balaban J connectivity index is 0.000000497. The van der Waals surface area contributed by atoms with Crippen LogP contribution in [-0.2, 0) is 17.6 Å². The molecule has 0 saturated heterocycles. The van der Waals surface area contributed by atoms with Gasteiger partial charge in [0.1, 0.15) is 11.9 Å². The number of aliphatic carboxylic acids is 1. The molecule has 3 aromatic carbocycles. The lowest BCUT2D eigenvalue weighted by molar-refractivity contribution is -0.136. The van der Waals surface area contributed by atoms with Crippen molar-refractivity contribution >= 4 is 11.7 Å². The topological polar surface area (TPSA) is 94.4 Å². The van der Waals surface area contributed by atoms with E-state index in [9.17, 15) is 9.18 Å². The van der Waals surface area contributed by atoms with Crippen molar-refractivity contribution < 1.29 is 19.0 Å². The van der Waals surface area contributed by atoms with Crippen molar-refractivity contribution in [2.24, 2.45) is 0 Å². The largest absolute Gasteiger partial charge is 0.493 e. The van der Waals surface area contributed by atoms with Crippen LogP contribution in [0.25, 0.3) is 0 Å². The molecule has 6 nitrogen and oxygen atoms in total. The Kier molecular flexibility index (Phi) is 11.7. The number of nitriles is 1. The summed E-state index contributed by atoms with van der Waals surface area (Å²) in [5.41, 5.74) is 3.31. The molecule has 0 fully saturated rings. The van der Waals surface area contributed by atoms with Crippen LogP contribution in [0.2, 0.25) is 0 Å². The summed E-state index contributed by atoms with van der Waals surface area (Å²) in [5.74, 6) is -0.411. The first-order chi connectivity index (χ1) is 16.5. The predicted molar refractivity (Wildman–Crippen MR) is 132 cm³/mol. The molecule has 3 rings (SSSR count). The molecule has 0 saturated carbocycles. The second-order valence-electron chi connectivity index (χ2n) is 7.46. The highest BCUT2D eigenvalue weighted by molar-refractivity contribution is 5.70. The number of nitrogens with one attached hydrogen (secondary N) is 2. The van der Waals surface area contributed by atoms with Gasteiger partial charge in [0.2, 0.25) is 0 Å². The van der Waals surface area contributed by atoms with Gasteiger partial charge in [0.25, 0.3) is 0 Å². The number of ether oxygens (including phenoxy) is 1. The van der Waals surface area contributed by atoms with Gasteiger partial charge in [0.15, 0.2) is 5.75 Å². The minimum atomic E-state index is -0.810. The second kappa shape index (κ2) is 15.0. The van der Waals surface area contributed by atoms with Crippen molar-refractivity contribution in [1.82, 2.24) is 5.32 Å². The summed E-state index contributed by atoms with van der Waals surface area (Å²) in [6.45, 7) is 2.47. The number of methoxy groups -OCH3 is 1. The van der Waals surface area contributed by atoms with E-state index in [1.807, 2.05) is 36.4 Å². The highest BCUT2D eigenvalue weighted by atomic mass is 19.1. The fourth-order valence-corrected chi connectivity index (χ4v) is 3.26. The van der Waals surface area contributed by atoms with Crippen molar-refractivity contribution in [3.63, 3.8) is 0 Å². The zero-order valence-corrected chi connectivity index (χ0v) is 19.3. The zero-order chi connectivity index (χ0) is 24.6. The highest BCUT2D eigenvalue weighted by Crippen LogP contribution is 2.27. The number of anilines is 1. The van der Waals surface area contributed by atoms with Crippen molar-refractivity contribution in [2.75, 3.05) is 32.1 Å². The molecule has 0 radical (unpaired) electrons. The maximum atomic E-state index is 11.9. The molecule has 0 bridgehead atoms. The summed E-state index contributed by atoms with van der Waals surface area (Å²) < 4.78 is 17.2. The lowest BCUT2D eigenvalue weighted by atomic mass is 10.1. The molecule has 0 atom stereocenters. The smallest absolute Gasteiger partial charge is 0.307 e. The van der Waals surface area contributed by atoms with Crippen LogP contribution in [0.15, 0.2) is 72.8 Å². The molecule has 0 aromatic heterocycles. The van der Waals surface area contributed by atoms with Crippen LogP contribution in [0.1, 0.15) is 23.1 Å². The van der Waals surface area contributed by atoms with E-state index in [1.165, 1.54) is 12.1 Å². The quantitative estimate of drug-likeness (QED) is 0.358. The van der Waals surface area contributed by atoms with Gasteiger partial charge >= 0.3 is 5.97 Å². The number of nitrogens with zero attached hydrogens (tertiary/aromatic N) is 1. The Hall–Kier alpha value is -3.89. The summed E-state index contributed by atoms with van der Waals surface area (Å²) >= 11 is 0. The Morgan fingerprint density at radius 2 is 1.74 bits per heavy atom. The first-order valence-corrected chi connectivity index (χ1v) is 11.1. The van der Waals surface area contributed by atoms with Crippen molar-refractivity contribution in [2.45, 2.75) is 19.3 Å². The molecular formula is C27H30FN3O3. The number of carboxylic acids is 1. The van der Waals surface area contributed by atoms with E-state index >= 15 is 0 Å². The molecule has 0 amide bonds. The van der Waals surface area contributed by atoms with Gasteiger partial charge in [0, 0.05) is 6.54 Å². The fraction of sp³-hybridized carbons (Fsp3) is 0.259. The number of para-hydroxylation sites is 1. The van der Waals surface area contributed by atoms with Gasteiger partial charge in [-0.3, -0.25) is 4.79 Å². The fourth-order valence-electron chi connectivity index (χ4n) is 3.26. The number of benzene rings is 3. The molecule has 0 aliphatic carbocycles. The van der Waals surface area contributed by atoms with Crippen LogP contribution in [0.3, 0.4) is 0 Å². The average molecular weight is 464 g/mol. The lowest BCUT2D eigenvalue weighted by Gasteiger charge is -2.12. The summed E-state index contributed by atoms with van der Waals surface area (Å²) in [4.78, 5) is 10.8. The normalized spacial score (nSPS) is 9.91. The Morgan fingerprint density at radius 3 is 2.38 bits per heavy atom. The first kappa shape index (κ1) is 26.4. The summed E-state index contributed by atoms with van der Waals surface area (Å²) in [6, 6.07) is 23.2. The summed E-state index contributed by atoms with van der Waals surface area (Å²) in [7, 11) is 1.56. The van der Waals surface area contributed by atoms with Gasteiger partial charge in [-0.05, 0) is 61.3 Å². The first-order valence-electron chi connectivity index (χ1n) is 11.1. The minimum absolute atomic E-state index is 0.0589. The Morgan fingerprint density at radius 1 is 1.00 bits per heavy atom. The third kappa shape index (κ3) is 9.72. The van der Waals surface area contributed by atoms with E-state index in [1.54, 1.807) is 31.4 Å². The van der Waals surface area contributed by atoms with Crippen LogP contribution in [-0.4, -0.2) is 37.8 Å². The van der Waals surface area contributed by atoms with Crippen molar-refractivity contribution in [1.29, 1.82) is 5.26 Å². The summed E-state index contributed by atoms with van der Waals surface area (Å²) in [5, 5.41) is 24.6. The maximum absolute atomic E-state index is 11.9. The maximum Gasteiger partial charge on any atom is 0.307 e. The van der Waals surface area contributed by atoms with Gasteiger partial charge in [0.05, 0.1) is 24.8 Å². The van der Waals surface area contributed by atoms with E-state index in [4.69, 9.17) is 15.1 Å². The number of carbonyl (C=O) groups is 1. The van der Waals surface area contributed by atoms with E-state index in [2.05, 4.69) is 16.7 Å². The van der Waals surface area contributed by atoms with Crippen LogP contribution >= 0.6 is 0 Å². The molecule has 0 aliphatic rings. The molecule has 0 unspecified atom stereocenters. The molecule has 3 aromatic rings. The van der Waals surface area contributed by atoms with E-state index < -0.39 is 5.97 Å². The number of rotatable bonds is 11. The van der Waals surface area contributed by atoms with E-state index in [0.717, 1.165) is 49.3 Å². The number of hydrogen-bond donors (Lipinski definition) is 3. The van der Waals surface area contributed by atoms with E-state index in [0.29, 0.717) is 11.3 Å². The minimum Gasteiger partial charge on any atom is -0.493 e. The standard InChI is InChI=1S/C21H25N3O3.C6H5F/c1-27-21-18(15-22)7-3-8-19(21)24-11-4-10-23-12-9-16-5-2-6-17(13-16)14-20(25)26;7-6-4-2-1-3-5-6/h2-3,5-8,13,23-24H,4,9-12,14H2,1H3,(H,25,26);1-5H. The van der Waals surface area contributed by atoms with Gasteiger partial charge in [-0.1, -0.05) is 48.5 Å². The second-order valence-corrected chi connectivity index (χ2v) is 7.46. The number of hydrogen-bond acceptors (Lipinski definition) is 5. The van der Waals surface area contributed by atoms with Crippen LogP contribution in [0.5, 0.6) is 5.75 Å². The Bertz CT molecular complexity index is 1070. The molecule has 3 N–H and O–H groups in total. The molecule has 7 heteroatoms. The molecule has 34 heavy (non-hydrogen) atoms. The number of halogens is 1. The van der Waals surface area contributed by atoms with Crippen molar-refractivity contribution in [3.8, 4) is 11.8 Å². The van der Waals surface area contributed by atoms with E-state index in [-0.39, 0.29) is 12.2 Å². The van der Waals surface area contributed by atoms with Crippen LogP contribution in [0, 0.1) is 17.1 Å². The van der Waals surface area contributed by atoms with Crippen LogP contribution in [0.4, 0.5) is 10.1 Å². The lowest BCUT2D eigenvalue weighted by Crippen LogP contribution is -2.20. The monoisotopic (exact) mass is 463 g/mol. The zero-order valence-electron chi connectivity index (χ0n) is 19.3. The molecule has 0 aliphatic heterocycles. The SMILES string of the molecule is COc1c(C#N)cccc1NCCCNCCc1cccc(CC(=O)O)c1.Fc1ccccc1. The van der Waals surface area contributed by atoms with Gasteiger partial charge in [-0.2, -0.15) is 5.26 Å². The predicted octanol–water partition coefficient (Wildman–Crippen LogP) is 4.65. The molecule has 0 spiro atoms. The third-order valence-electron chi connectivity index (χ3n) is 4.86. The third-order valence-corrected chi connectivity index (χ3v) is 4.86. The molecular weight excluding hydrogens is 433 g/mol. The summed E-state index contributed by atoms with van der Waals surface area (Å²) in [6.07, 6.45) is 1.85. The van der Waals surface area contributed by atoms with Crippen LogP contribution < -0.4 is 15.4 Å². The highest BCUT2D eigenvalue weighted by Gasteiger charge is 2.07. The van der Waals surface area contributed by atoms with Crippen molar-refractivity contribution in [3.05, 3.63) is 95.3 Å². The molecule has 0 heterocycles. The van der Waals surface area contributed by atoms with Gasteiger partial charge in [-0.15, -0.1) is 0 Å². The average Bonchev–Trinajstić information content (AvgIpc) is 2.84. The molecule has 178 valence electrons. The number of carboxylic acid groups (broad SMARTS) is 1. The van der Waals surface area contributed by atoms with Gasteiger partial charge in [-0.25, -0.2) is 4.39 Å².